The van der Waals surface area contributed by atoms with E-state index in [9.17, 15) is 9.59 Å². The lowest BCUT2D eigenvalue weighted by atomic mass is 10.2. The Hall–Kier alpha value is -3.09. The second-order valence-corrected chi connectivity index (χ2v) is 3.90. The molecule has 2 amide bonds. The fourth-order valence-corrected chi connectivity index (χ4v) is 1.37. The molecule has 0 aliphatic rings. The van der Waals surface area contributed by atoms with Crippen LogP contribution in [0.2, 0.25) is 0 Å². The Bertz CT molecular complexity index is 608. The van der Waals surface area contributed by atoms with Crippen LogP contribution in [-0.2, 0) is 9.63 Å². The molecule has 0 bridgehead atoms. The van der Waals surface area contributed by atoms with Crippen LogP contribution < -0.4 is 10.9 Å². The summed E-state index contributed by atoms with van der Waals surface area (Å²) >= 11 is 0. The molecule has 21 heavy (non-hydrogen) atoms. The van der Waals surface area contributed by atoms with E-state index in [2.05, 4.69) is 16.0 Å². The van der Waals surface area contributed by atoms with Gasteiger partial charge >= 0.3 is 5.91 Å². The zero-order valence-electron chi connectivity index (χ0n) is 11.0. The summed E-state index contributed by atoms with van der Waals surface area (Å²) < 4.78 is 4.86. The van der Waals surface area contributed by atoms with Crippen LogP contribution in [0, 0.1) is 0 Å². The molecule has 0 radical (unpaired) electrons. The van der Waals surface area contributed by atoms with E-state index in [-0.39, 0.29) is 12.4 Å². The minimum absolute atomic E-state index is 0.0957. The molecule has 1 aromatic carbocycles. The highest BCUT2D eigenvalue weighted by atomic mass is 16.6. The van der Waals surface area contributed by atoms with Gasteiger partial charge in [-0.05, 0) is 17.7 Å². The van der Waals surface area contributed by atoms with Crippen molar-refractivity contribution in [2.45, 2.75) is 0 Å². The molecule has 7 heteroatoms. The lowest BCUT2D eigenvalue weighted by molar-refractivity contribution is -0.126. The van der Waals surface area contributed by atoms with E-state index in [0.29, 0.717) is 0 Å². The summed E-state index contributed by atoms with van der Waals surface area (Å²) in [4.78, 5) is 27.6. The monoisotopic (exact) mass is 287 g/mol. The Morgan fingerprint density at radius 1 is 1.14 bits per heavy atom. The highest BCUT2D eigenvalue weighted by molar-refractivity contribution is 5.92. The molecule has 2 aromatic rings. The fourth-order valence-electron chi connectivity index (χ4n) is 1.37. The maximum absolute atomic E-state index is 11.4. The summed E-state index contributed by atoms with van der Waals surface area (Å²) in [6.07, 6.45) is 2.84. The Morgan fingerprint density at radius 3 is 2.67 bits per heavy atom. The highest BCUT2D eigenvalue weighted by Crippen LogP contribution is 1.98. The van der Waals surface area contributed by atoms with Gasteiger partial charge in [0.15, 0.2) is 12.4 Å². The molecule has 0 unspecified atom stereocenters. The average molecular weight is 287 g/mol. The van der Waals surface area contributed by atoms with Crippen LogP contribution in [0.4, 0.5) is 0 Å². The molecule has 1 aromatic heterocycles. The van der Waals surface area contributed by atoms with Crippen LogP contribution in [0.1, 0.15) is 16.1 Å². The number of carbonyl (C=O) groups is 2. The van der Waals surface area contributed by atoms with Gasteiger partial charge < -0.3 is 9.25 Å². The average Bonchev–Trinajstić information content (AvgIpc) is 3.05. The van der Waals surface area contributed by atoms with Gasteiger partial charge in [0.25, 0.3) is 5.91 Å². The summed E-state index contributed by atoms with van der Waals surface area (Å²) in [5.74, 6) is -1.00. The maximum Gasteiger partial charge on any atom is 0.305 e. The lowest BCUT2D eigenvalue weighted by Gasteiger charge is -2.04. The van der Waals surface area contributed by atoms with Crippen molar-refractivity contribution in [3.05, 3.63) is 60.1 Å². The Morgan fingerprint density at radius 2 is 1.95 bits per heavy atom. The molecule has 2 N–H and O–H groups in total. The van der Waals surface area contributed by atoms with Crippen LogP contribution >= 0.6 is 0 Å². The number of hydrogen-bond donors (Lipinski definition) is 2. The summed E-state index contributed by atoms with van der Waals surface area (Å²) in [6, 6.07) is 12.3. The second kappa shape index (κ2) is 7.49. The third kappa shape index (κ3) is 4.83. The highest BCUT2D eigenvalue weighted by Gasteiger charge is 2.09. The molecule has 0 aliphatic carbocycles. The van der Waals surface area contributed by atoms with Crippen LogP contribution in [0.5, 0.6) is 0 Å². The molecule has 0 atom stereocenters. The zero-order chi connectivity index (χ0) is 14.9. The van der Waals surface area contributed by atoms with E-state index in [1.165, 1.54) is 18.5 Å². The summed E-state index contributed by atoms with van der Waals surface area (Å²) in [5.41, 5.74) is 5.20. The van der Waals surface area contributed by atoms with E-state index in [0.717, 1.165) is 5.56 Å². The van der Waals surface area contributed by atoms with Gasteiger partial charge in [-0.3, -0.25) is 20.4 Å². The Labute approximate surface area is 120 Å². The normalized spacial score (nSPS) is 10.3. The molecule has 0 fully saturated rings. The number of furan rings is 1. The number of oxime groups is 1. The molecule has 0 aliphatic heterocycles. The number of nitrogens with one attached hydrogen (secondary N) is 2. The van der Waals surface area contributed by atoms with Gasteiger partial charge in [0, 0.05) is 0 Å². The van der Waals surface area contributed by atoms with Crippen molar-refractivity contribution in [3.8, 4) is 0 Å². The summed E-state index contributed by atoms with van der Waals surface area (Å²) in [6.45, 7) is -0.318. The minimum Gasteiger partial charge on any atom is -0.459 e. The number of hydrazine groups is 1. The third-order valence-electron chi connectivity index (χ3n) is 2.33. The predicted molar refractivity (Wildman–Crippen MR) is 74.3 cm³/mol. The summed E-state index contributed by atoms with van der Waals surface area (Å²) in [7, 11) is 0. The Balaban J connectivity index is 1.66. The first kappa shape index (κ1) is 14.3. The third-order valence-corrected chi connectivity index (χ3v) is 2.33. The number of benzene rings is 1. The molecule has 7 nitrogen and oxygen atoms in total. The van der Waals surface area contributed by atoms with Crippen molar-refractivity contribution in [1.82, 2.24) is 10.9 Å². The van der Waals surface area contributed by atoms with Gasteiger partial charge in [-0.2, -0.15) is 0 Å². The van der Waals surface area contributed by atoms with Gasteiger partial charge in [-0.1, -0.05) is 35.5 Å². The SMILES string of the molecule is O=C(CO/N=C\c1ccccc1)NNC(=O)c1ccco1. The van der Waals surface area contributed by atoms with E-state index in [1.54, 1.807) is 6.07 Å². The first-order valence-electron chi connectivity index (χ1n) is 6.09. The molecular weight excluding hydrogens is 274 g/mol. The largest absolute Gasteiger partial charge is 0.459 e. The first-order valence-corrected chi connectivity index (χ1v) is 6.09. The predicted octanol–water partition coefficient (Wildman–Crippen LogP) is 1.09. The number of amides is 2. The van der Waals surface area contributed by atoms with Crippen molar-refractivity contribution in [2.75, 3.05) is 6.61 Å². The van der Waals surface area contributed by atoms with E-state index in [1.807, 2.05) is 30.3 Å². The molecular formula is C14H13N3O4. The van der Waals surface area contributed by atoms with Crippen LogP contribution in [0.15, 0.2) is 58.3 Å². The molecule has 2 rings (SSSR count). The van der Waals surface area contributed by atoms with E-state index < -0.39 is 11.8 Å². The van der Waals surface area contributed by atoms with Gasteiger partial charge in [-0.25, -0.2) is 0 Å². The lowest BCUT2D eigenvalue weighted by Crippen LogP contribution is -2.43. The standard InChI is InChI=1S/C14H13N3O4/c18-13(16-17-14(19)12-7-4-8-20-12)10-21-15-9-11-5-2-1-3-6-11/h1-9H,10H2,(H,16,18)(H,17,19)/b15-9-. The molecule has 0 spiro atoms. The van der Waals surface area contributed by atoms with Crippen molar-refractivity contribution in [3.63, 3.8) is 0 Å². The number of hydrogen-bond acceptors (Lipinski definition) is 5. The number of nitrogens with zero attached hydrogens (tertiary/aromatic N) is 1. The topological polar surface area (TPSA) is 92.9 Å². The quantitative estimate of drug-likeness (QED) is 0.636. The maximum atomic E-state index is 11.4. The number of rotatable bonds is 5. The smallest absolute Gasteiger partial charge is 0.305 e. The van der Waals surface area contributed by atoms with Gasteiger partial charge in [-0.15, -0.1) is 0 Å². The minimum atomic E-state index is -0.555. The van der Waals surface area contributed by atoms with Gasteiger partial charge in [0.2, 0.25) is 0 Å². The van der Waals surface area contributed by atoms with Crippen molar-refractivity contribution >= 4 is 18.0 Å². The van der Waals surface area contributed by atoms with Crippen molar-refractivity contribution < 1.29 is 18.8 Å². The van der Waals surface area contributed by atoms with E-state index >= 15 is 0 Å². The van der Waals surface area contributed by atoms with Gasteiger partial charge in [0.05, 0.1) is 12.5 Å². The van der Waals surface area contributed by atoms with Crippen LogP contribution in [0.3, 0.4) is 0 Å². The van der Waals surface area contributed by atoms with Crippen molar-refractivity contribution in [1.29, 1.82) is 0 Å². The summed E-state index contributed by atoms with van der Waals surface area (Å²) in [5, 5.41) is 3.64. The molecule has 1 heterocycles. The molecule has 0 saturated heterocycles. The Kier molecular flexibility index (Phi) is 5.11. The molecule has 0 saturated carbocycles. The second-order valence-electron chi connectivity index (χ2n) is 3.90. The zero-order valence-corrected chi connectivity index (χ0v) is 11.0. The van der Waals surface area contributed by atoms with Gasteiger partial charge in [0.1, 0.15) is 0 Å². The van der Waals surface area contributed by atoms with Crippen molar-refractivity contribution in [2.24, 2.45) is 5.16 Å². The molecule has 108 valence electrons. The van der Waals surface area contributed by atoms with Crippen LogP contribution in [0.25, 0.3) is 0 Å². The first-order chi connectivity index (χ1) is 10.3. The van der Waals surface area contributed by atoms with E-state index in [4.69, 9.17) is 9.25 Å². The fraction of sp³-hybridized carbons (Fsp3) is 0.0714. The number of carbonyl (C=O) groups excluding carboxylic acids is 2. The van der Waals surface area contributed by atoms with Crippen LogP contribution in [-0.4, -0.2) is 24.6 Å².